The molecule has 12 nitrogen and oxygen atoms in total. The number of nitrogens with one attached hydrogen (secondary N) is 3. The Bertz CT molecular complexity index is 1420. The fraction of sp³-hybridized carbons (Fsp3) is 0.481. The number of halogens is 1. The molecule has 2 bridgehead atoms. The van der Waals surface area contributed by atoms with Gasteiger partial charge in [0.15, 0.2) is 5.69 Å². The number of aromatic nitrogens is 2. The SMILES string of the molecule is CC(=O)N[C@H]1CCN(C(=O)C(=O)NC23CCC(CC2)Cn2c3nc(C(=O)NCc3ccc(F)cc3)c(O)c2=O)C1. The Hall–Kier alpha value is -4.29. The van der Waals surface area contributed by atoms with Crippen LogP contribution in [0.1, 0.15) is 60.9 Å². The van der Waals surface area contributed by atoms with Crippen LogP contribution >= 0.6 is 0 Å². The number of benzene rings is 1. The molecule has 2 fully saturated rings. The predicted octanol–water partition coefficient (Wildman–Crippen LogP) is 0.270. The first-order valence-electron chi connectivity index (χ1n) is 13.3. The zero-order chi connectivity index (χ0) is 28.6. The molecule has 4 aliphatic rings. The number of nitrogens with zero attached hydrogens (tertiary/aromatic N) is 3. The van der Waals surface area contributed by atoms with E-state index >= 15 is 0 Å². The lowest BCUT2D eigenvalue weighted by atomic mass is 9.77. The van der Waals surface area contributed by atoms with E-state index in [-0.39, 0.29) is 43.3 Å². The van der Waals surface area contributed by atoms with Crippen molar-refractivity contribution in [2.45, 2.75) is 63.7 Å². The highest BCUT2D eigenvalue weighted by molar-refractivity contribution is 6.35. The Labute approximate surface area is 229 Å². The molecule has 0 unspecified atom stereocenters. The molecule has 4 N–H and O–H groups in total. The first-order valence-corrected chi connectivity index (χ1v) is 13.3. The third-order valence-electron chi connectivity index (χ3n) is 7.98. The molecule has 0 radical (unpaired) electrons. The average molecular weight is 555 g/mol. The number of aromatic hydroxyl groups is 1. The summed E-state index contributed by atoms with van der Waals surface area (Å²) >= 11 is 0. The highest BCUT2D eigenvalue weighted by atomic mass is 19.1. The minimum absolute atomic E-state index is 0.00637. The standard InChI is InChI=1S/C27H31FN6O6/c1-15(35)30-19-8-11-33(14-19)25(40)23(38)32-27-9-6-17(7-10-27)13-34-24(39)21(36)20(31-26(27)34)22(37)29-12-16-2-4-18(28)5-3-16/h2-5,17,19,36H,6-14H2,1H3,(H,29,37)(H,30,35)(H,32,38)/t17?,19-,27?/m0/s1. The van der Waals surface area contributed by atoms with E-state index in [4.69, 9.17) is 0 Å². The molecule has 4 amide bonds. The number of carbonyl (C=O) groups excluding carboxylic acids is 4. The Morgan fingerprint density at radius 2 is 1.80 bits per heavy atom. The van der Waals surface area contributed by atoms with Crippen LogP contribution in [-0.2, 0) is 33.0 Å². The van der Waals surface area contributed by atoms with E-state index in [1.807, 2.05) is 0 Å². The van der Waals surface area contributed by atoms with Gasteiger partial charge >= 0.3 is 11.8 Å². The van der Waals surface area contributed by atoms with Crippen LogP contribution < -0.4 is 21.5 Å². The molecule has 1 saturated heterocycles. The van der Waals surface area contributed by atoms with E-state index in [1.165, 1.54) is 40.7 Å². The second-order valence-electron chi connectivity index (χ2n) is 10.8. The number of hydrogen-bond donors (Lipinski definition) is 4. The summed E-state index contributed by atoms with van der Waals surface area (Å²) < 4.78 is 14.5. The lowest BCUT2D eigenvalue weighted by molar-refractivity contribution is -0.146. The average Bonchev–Trinajstić information content (AvgIpc) is 3.26. The quantitative estimate of drug-likeness (QED) is 0.386. The highest BCUT2D eigenvalue weighted by Crippen LogP contribution is 2.43. The van der Waals surface area contributed by atoms with Gasteiger partial charge in [0, 0.05) is 39.1 Å². The lowest BCUT2D eigenvalue weighted by Gasteiger charge is -2.37. The first-order chi connectivity index (χ1) is 19.1. The molecule has 40 heavy (non-hydrogen) atoms. The van der Waals surface area contributed by atoms with Crippen molar-refractivity contribution < 1.29 is 28.7 Å². The van der Waals surface area contributed by atoms with Crippen LogP contribution in [0.15, 0.2) is 29.1 Å². The number of carbonyl (C=O) groups is 4. The zero-order valence-electron chi connectivity index (χ0n) is 22.0. The Balaban J connectivity index is 1.40. The van der Waals surface area contributed by atoms with Crippen molar-refractivity contribution in [3.05, 3.63) is 57.5 Å². The summed E-state index contributed by atoms with van der Waals surface area (Å²) in [6.07, 6.45) is 2.63. The van der Waals surface area contributed by atoms with Gasteiger partial charge in [-0.05, 0) is 55.7 Å². The van der Waals surface area contributed by atoms with Gasteiger partial charge in [0.2, 0.25) is 11.7 Å². The van der Waals surface area contributed by atoms with Crippen LogP contribution in [0.5, 0.6) is 5.75 Å². The number of rotatable bonds is 5. The normalized spacial score (nSPS) is 23.2. The Kier molecular flexibility index (Phi) is 7.30. The van der Waals surface area contributed by atoms with Crippen LogP contribution in [-0.4, -0.2) is 62.3 Å². The number of fused-ring (bicyclic) bond motifs is 2. The van der Waals surface area contributed by atoms with Crippen LogP contribution in [0, 0.1) is 11.7 Å². The van der Waals surface area contributed by atoms with Crippen molar-refractivity contribution in [3.8, 4) is 5.75 Å². The van der Waals surface area contributed by atoms with E-state index < -0.39 is 46.1 Å². The third-order valence-corrected chi connectivity index (χ3v) is 7.98. The summed E-state index contributed by atoms with van der Waals surface area (Å²) in [5.41, 5.74) is -1.87. The maximum atomic E-state index is 13.2. The minimum Gasteiger partial charge on any atom is -0.501 e. The number of amides is 4. The maximum absolute atomic E-state index is 13.2. The molecule has 1 aliphatic carbocycles. The van der Waals surface area contributed by atoms with Gasteiger partial charge in [-0.15, -0.1) is 0 Å². The summed E-state index contributed by atoms with van der Waals surface area (Å²) in [5.74, 6) is -3.63. The Morgan fingerprint density at radius 1 is 1.10 bits per heavy atom. The number of hydrogen-bond acceptors (Lipinski definition) is 7. The molecule has 0 spiro atoms. The van der Waals surface area contributed by atoms with Gasteiger partial charge in [0.1, 0.15) is 11.6 Å². The van der Waals surface area contributed by atoms with Crippen LogP contribution in [0.3, 0.4) is 0 Å². The molecule has 212 valence electrons. The van der Waals surface area contributed by atoms with E-state index in [2.05, 4.69) is 20.9 Å². The van der Waals surface area contributed by atoms with Crippen molar-refractivity contribution in [1.29, 1.82) is 0 Å². The second kappa shape index (κ2) is 10.7. The molecule has 1 atom stereocenters. The van der Waals surface area contributed by atoms with Crippen LogP contribution in [0.4, 0.5) is 4.39 Å². The Morgan fingerprint density at radius 3 is 2.48 bits per heavy atom. The largest absolute Gasteiger partial charge is 0.501 e. The summed E-state index contributed by atoms with van der Waals surface area (Å²) in [4.78, 5) is 69.7. The van der Waals surface area contributed by atoms with Gasteiger partial charge in [-0.1, -0.05) is 12.1 Å². The molecule has 6 rings (SSSR count). The van der Waals surface area contributed by atoms with Gasteiger partial charge in [-0.3, -0.25) is 28.5 Å². The maximum Gasteiger partial charge on any atom is 0.311 e. The molecule has 3 aliphatic heterocycles. The smallest absolute Gasteiger partial charge is 0.311 e. The van der Waals surface area contributed by atoms with Crippen LogP contribution in [0.2, 0.25) is 0 Å². The zero-order valence-corrected chi connectivity index (χ0v) is 22.0. The van der Waals surface area contributed by atoms with Crippen molar-refractivity contribution in [2.75, 3.05) is 13.1 Å². The molecule has 2 aromatic rings. The first kappa shape index (κ1) is 27.3. The summed E-state index contributed by atoms with van der Waals surface area (Å²) in [6.45, 7) is 2.18. The number of likely N-dealkylation sites (tertiary alicyclic amines) is 1. The van der Waals surface area contributed by atoms with E-state index in [0.29, 0.717) is 44.2 Å². The van der Waals surface area contributed by atoms with Gasteiger partial charge < -0.3 is 26.0 Å². The van der Waals surface area contributed by atoms with Crippen molar-refractivity contribution >= 4 is 23.6 Å². The van der Waals surface area contributed by atoms with Crippen molar-refractivity contribution in [1.82, 2.24) is 30.4 Å². The topological polar surface area (TPSA) is 163 Å². The van der Waals surface area contributed by atoms with Gasteiger partial charge in [0.25, 0.3) is 11.5 Å². The molecule has 1 saturated carbocycles. The summed E-state index contributed by atoms with van der Waals surface area (Å²) in [5, 5.41) is 18.8. The van der Waals surface area contributed by atoms with E-state index in [0.717, 1.165) is 0 Å². The molecule has 13 heteroatoms. The van der Waals surface area contributed by atoms with Crippen molar-refractivity contribution in [2.24, 2.45) is 5.92 Å². The molecule has 1 aromatic carbocycles. The second-order valence-corrected chi connectivity index (χ2v) is 10.8. The fourth-order valence-electron chi connectivity index (χ4n) is 5.89. The minimum atomic E-state index is -1.19. The highest BCUT2D eigenvalue weighted by Gasteiger charge is 2.47. The monoisotopic (exact) mass is 554 g/mol. The van der Waals surface area contributed by atoms with E-state index in [1.54, 1.807) is 0 Å². The summed E-state index contributed by atoms with van der Waals surface area (Å²) in [7, 11) is 0. The molecular formula is C27H31FN6O6. The lowest BCUT2D eigenvalue weighted by Crippen LogP contribution is -2.54. The molecule has 4 heterocycles. The van der Waals surface area contributed by atoms with Gasteiger partial charge in [0.05, 0.1) is 5.54 Å². The van der Waals surface area contributed by atoms with Gasteiger partial charge in [-0.25, -0.2) is 9.37 Å². The van der Waals surface area contributed by atoms with Crippen LogP contribution in [0.25, 0.3) is 0 Å². The van der Waals surface area contributed by atoms with Gasteiger partial charge in [-0.2, -0.15) is 0 Å². The molecule has 1 aromatic heterocycles. The third kappa shape index (κ3) is 5.27. The summed E-state index contributed by atoms with van der Waals surface area (Å²) in [6, 6.07) is 5.25. The fourth-order valence-corrected chi connectivity index (χ4v) is 5.89. The van der Waals surface area contributed by atoms with Crippen molar-refractivity contribution in [3.63, 3.8) is 0 Å². The van der Waals surface area contributed by atoms with E-state index in [9.17, 15) is 33.5 Å². The predicted molar refractivity (Wildman–Crippen MR) is 138 cm³/mol. The molecular weight excluding hydrogens is 523 g/mol.